The van der Waals surface area contributed by atoms with Crippen molar-refractivity contribution in [1.29, 1.82) is 0 Å². The van der Waals surface area contributed by atoms with Gasteiger partial charge < -0.3 is 10.5 Å². The Labute approximate surface area is 119 Å². The van der Waals surface area contributed by atoms with Gasteiger partial charge in [-0.1, -0.05) is 18.2 Å². The number of nitrogens with zero attached hydrogens (tertiary/aromatic N) is 1. The van der Waals surface area contributed by atoms with Crippen LogP contribution in [0.25, 0.3) is 0 Å². The van der Waals surface area contributed by atoms with E-state index in [0.717, 1.165) is 19.3 Å². The average Bonchev–Trinajstić information content (AvgIpc) is 2.95. The highest BCUT2D eigenvalue weighted by molar-refractivity contribution is 7.89. The first-order chi connectivity index (χ1) is 9.64. The number of benzene rings is 1. The minimum Gasteiger partial charge on any atom is -0.375 e. The van der Waals surface area contributed by atoms with Crippen LogP contribution >= 0.6 is 0 Å². The summed E-state index contributed by atoms with van der Waals surface area (Å²) < 4.78 is 33.2. The monoisotopic (exact) mass is 296 g/mol. The number of sulfonamides is 1. The standard InChI is InChI=1S/C14H20N2O3S/c15-10-11-4-1-2-7-14(11)20(17,18)16-8-9-19-13-6-3-5-12(13)16/h1-2,4,7,12-13H,3,5-6,8-10,15H2. The molecule has 2 aliphatic rings. The first kappa shape index (κ1) is 14.0. The predicted molar refractivity (Wildman–Crippen MR) is 75.6 cm³/mol. The van der Waals surface area contributed by atoms with Crippen LogP contribution in [0.1, 0.15) is 24.8 Å². The molecule has 1 saturated heterocycles. The Bertz CT molecular complexity index is 588. The van der Waals surface area contributed by atoms with Crippen molar-refractivity contribution in [2.24, 2.45) is 5.73 Å². The molecule has 1 aliphatic heterocycles. The van der Waals surface area contributed by atoms with E-state index in [0.29, 0.717) is 23.6 Å². The molecule has 0 bridgehead atoms. The summed E-state index contributed by atoms with van der Waals surface area (Å²) in [6.07, 6.45) is 2.92. The molecule has 0 radical (unpaired) electrons. The lowest BCUT2D eigenvalue weighted by Gasteiger charge is -2.36. The molecule has 0 aromatic heterocycles. The summed E-state index contributed by atoms with van der Waals surface area (Å²) in [6.45, 7) is 1.14. The van der Waals surface area contributed by atoms with Crippen LogP contribution in [-0.4, -0.2) is 38.0 Å². The average molecular weight is 296 g/mol. The zero-order chi connectivity index (χ0) is 14.2. The Kier molecular flexibility index (Phi) is 3.81. The molecule has 2 unspecified atom stereocenters. The molecular formula is C14H20N2O3S. The topological polar surface area (TPSA) is 72.6 Å². The van der Waals surface area contributed by atoms with Crippen molar-refractivity contribution >= 4 is 10.0 Å². The molecular weight excluding hydrogens is 276 g/mol. The quantitative estimate of drug-likeness (QED) is 0.906. The van der Waals surface area contributed by atoms with E-state index in [1.807, 2.05) is 6.07 Å². The Morgan fingerprint density at radius 1 is 1.30 bits per heavy atom. The summed E-state index contributed by atoms with van der Waals surface area (Å²) in [7, 11) is -3.49. The molecule has 0 amide bonds. The van der Waals surface area contributed by atoms with E-state index in [9.17, 15) is 8.42 Å². The number of fused-ring (bicyclic) bond motifs is 1. The zero-order valence-corrected chi connectivity index (χ0v) is 12.2. The number of morpholine rings is 1. The molecule has 2 fully saturated rings. The van der Waals surface area contributed by atoms with Crippen molar-refractivity contribution in [3.8, 4) is 0 Å². The Morgan fingerprint density at radius 3 is 2.90 bits per heavy atom. The maximum Gasteiger partial charge on any atom is 0.243 e. The van der Waals surface area contributed by atoms with Crippen molar-refractivity contribution in [2.75, 3.05) is 13.2 Å². The molecule has 1 saturated carbocycles. The van der Waals surface area contributed by atoms with E-state index in [-0.39, 0.29) is 18.7 Å². The molecule has 2 atom stereocenters. The van der Waals surface area contributed by atoms with Crippen LogP contribution in [0.15, 0.2) is 29.2 Å². The SMILES string of the molecule is NCc1ccccc1S(=O)(=O)N1CCOC2CCCC21. The van der Waals surface area contributed by atoms with Gasteiger partial charge in [0.15, 0.2) is 0 Å². The lowest BCUT2D eigenvalue weighted by molar-refractivity contribution is -0.0241. The third-order valence-corrected chi connectivity index (χ3v) is 6.24. The Morgan fingerprint density at radius 2 is 2.10 bits per heavy atom. The second-order valence-corrected chi connectivity index (χ2v) is 7.19. The normalized spacial score (nSPS) is 27.4. The third kappa shape index (κ3) is 2.26. The fraction of sp³-hybridized carbons (Fsp3) is 0.571. The van der Waals surface area contributed by atoms with Crippen molar-refractivity contribution in [1.82, 2.24) is 4.31 Å². The van der Waals surface area contributed by atoms with Crippen LogP contribution in [0, 0.1) is 0 Å². The largest absolute Gasteiger partial charge is 0.375 e. The van der Waals surface area contributed by atoms with Gasteiger partial charge in [0.1, 0.15) is 0 Å². The van der Waals surface area contributed by atoms with Gasteiger partial charge in [-0.25, -0.2) is 8.42 Å². The highest BCUT2D eigenvalue weighted by Crippen LogP contribution is 2.34. The van der Waals surface area contributed by atoms with Gasteiger partial charge in [0.25, 0.3) is 0 Å². The second-order valence-electron chi connectivity index (χ2n) is 5.34. The summed E-state index contributed by atoms with van der Waals surface area (Å²) in [5.74, 6) is 0. The van der Waals surface area contributed by atoms with Crippen molar-refractivity contribution in [3.63, 3.8) is 0 Å². The van der Waals surface area contributed by atoms with Crippen LogP contribution in [-0.2, 0) is 21.3 Å². The van der Waals surface area contributed by atoms with Crippen LogP contribution in [0.2, 0.25) is 0 Å². The minimum absolute atomic E-state index is 0.0143. The molecule has 1 aliphatic carbocycles. The predicted octanol–water partition coefficient (Wildman–Crippen LogP) is 1.09. The summed E-state index contributed by atoms with van der Waals surface area (Å²) in [6, 6.07) is 6.98. The molecule has 1 aromatic rings. The smallest absolute Gasteiger partial charge is 0.243 e. The number of rotatable bonds is 3. The lowest BCUT2D eigenvalue weighted by atomic mass is 10.2. The van der Waals surface area contributed by atoms with E-state index in [1.54, 1.807) is 22.5 Å². The van der Waals surface area contributed by atoms with Crippen molar-refractivity contribution < 1.29 is 13.2 Å². The van der Waals surface area contributed by atoms with E-state index in [2.05, 4.69) is 0 Å². The van der Waals surface area contributed by atoms with Crippen molar-refractivity contribution in [3.05, 3.63) is 29.8 Å². The molecule has 1 aromatic carbocycles. The fourth-order valence-electron chi connectivity index (χ4n) is 3.24. The fourth-order valence-corrected chi connectivity index (χ4v) is 5.14. The molecule has 110 valence electrons. The van der Waals surface area contributed by atoms with Crippen LogP contribution in [0.3, 0.4) is 0 Å². The van der Waals surface area contributed by atoms with Gasteiger partial charge in [0, 0.05) is 13.1 Å². The maximum atomic E-state index is 12.9. The van der Waals surface area contributed by atoms with Crippen LogP contribution < -0.4 is 5.73 Å². The van der Waals surface area contributed by atoms with E-state index in [1.165, 1.54) is 0 Å². The number of nitrogens with two attached hydrogens (primary N) is 1. The summed E-state index contributed by atoms with van der Waals surface area (Å²) >= 11 is 0. The zero-order valence-electron chi connectivity index (χ0n) is 11.4. The highest BCUT2D eigenvalue weighted by atomic mass is 32.2. The Balaban J connectivity index is 1.98. The second kappa shape index (κ2) is 5.44. The van der Waals surface area contributed by atoms with Gasteiger partial charge >= 0.3 is 0 Å². The maximum absolute atomic E-state index is 12.9. The van der Waals surface area contributed by atoms with Gasteiger partial charge in [-0.3, -0.25) is 0 Å². The van der Waals surface area contributed by atoms with Crippen molar-refractivity contribution in [2.45, 2.75) is 42.8 Å². The third-order valence-electron chi connectivity index (χ3n) is 4.21. The van der Waals surface area contributed by atoms with Crippen LogP contribution in [0.5, 0.6) is 0 Å². The van der Waals surface area contributed by atoms with Gasteiger partial charge in [-0.2, -0.15) is 4.31 Å². The molecule has 6 heteroatoms. The van der Waals surface area contributed by atoms with E-state index in [4.69, 9.17) is 10.5 Å². The summed E-state index contributed by atoms with van der Waals surface area (Å²) in [5, 5.41) is 0. The first-order valence-electron chi connectivity index (χ1n) is 7.06. The molecule has 3 rings (SSSR count). The van der Waals surface area contributed by atoms with Gasteiger partial charge in [0.2, 0.25) is 10.0 Å². The van der Waals surface area contributed by atoms with Gasteiger partial charge in [-0.05, 0) is 30.9 Å². The molecule has 1 heterocycles. The van der Waals surface area contributed by atoms with E-state index >= 15 is 0 Å². The first-order valence-corrected chi connectivity index (χ1v) is 8.50. The van der Waals surface area contributed by atoms with Crippen LogP contribution in [0.4, 0.5) is 0 Å². The molecule has 20 heavy (non-hydrogen) atoms. The summed E-state index contributed by atoms with van der Waals surface area (Å²) in [4.78, 5) is 0.343. The number of hydrogen-bond acceptors (Lipinski definition) is 4. The molecule has 5 nitrogen and oxygen atoms in total. The summed E-state index contributed by atoms with van der Waals surface area (Å²) in [5.41, 5.74) is 6.35. The minimum atomic E-state index is -3.49. The number of hydrogen-bond donors (Lipinski definition) is 1. The Hall–Kier alpha value is -0.950. The van der Waals surface area contributed by atoms with E-state index < -0.39 is 10.0 Å². The van der Waals surface area contributed by atoms with Gasteiger partial charge in [0.05, 0.1) is 23.6 Å². The highest BCUT2D eigenvalue weighted by Gasteiger charge is 2.42. The molecule has 2 N–H and O–H groups in total. The molecule has 0 spiro atoms. The number of ether oxygens (including phenoxy) is 1. The van der Waals surface area contributed by atoms with Gasteiger partial charge in [-0.15, -0.1) is 0 Å². The lowest BCUT2D eigenvalue weighted by Crippen LogP contribution is -2.51.